The molecule has 1 spiro atoms. The van der Waals surface area contributed by atoms with Crippen LogP contribution in [0.25, 0.3) is 28.1 Å². The third-order valence-corrected chi connectivity index (χ3v) is 7.38. The van der Waals surface area contributed by atoms with Gasteiger partial charge in [-0.2, -0.15) is 0 Å². The number of fused-ring (bicyclic) bond motifs is 5. The molecule has 3 aliphatic heterocycles. The topological polar surface area (TPSA) is 31.3 Å². The van der Waals surface area contributed by atoms with E-state index in [1.54, 1.807) is 0 Å². The molecule has 2 aromatic carbocycles. The van der Waals surface area contributed by atoms with Crippen molar-refractivity contribution in [2.45, 2.75) is 5.66 Å². The molecule has 9 rings (SSSR count). The lowest BCUT2D eigenvalue weighted by atomic mass is 9.87. The normalized spacial score (nSPS) is 18.1. The van der Waals surface area contributed by atoms with Crippen LogP contribution in [0.2, 0.25) is 0 Å². The maximum absolute atomic E-state index is 6.46. The minimum Gasteiger partial charge on any atom is -0.455 e. The summed E-state index contributed by atoms with van der Waals surface area (Å²) in [7, 11) is 0. The quantitative estimate of drug-likeness (QED) is 0.367. The average Bonchev–Trinajstić information content (AvgIpc) is 3.63. The molecule has 154 valence electrons. The van der Waals surface area contributed by atoms with Crippen molar-refractivity contribution in [3.8, 4) is 34.1 Å². The minimum absolute atomic E-state index is 0.537. The molecular weight excluding hydrogens is 410 g/mol. The zero-order chi connectivity index (χ0) is 21.3. The monoisotopic (exact) mass is 427 g/mol. The first kappa shape index (κ1) is 16.1. The predicted octanol–water partition coefficient (Wildman–Crippen LogP) is 3.79. The number of ether oxygens (including phenoxy) is 1. The molecule has 6 aromatic rings. The number of hydrogen-bond acceptors (Lipinski definition) is 1. The Labute approximate surface area is 188 Å². The Kier molecular flexibility index (Phi) is 2.48. The van der Waals surface area contributed by atoms with Crippen LogP contribution in [0, 0.1) is 0 Å². The maximum Gasteiger partial charge on any atom is 0.469 e. The Bertz CT molecular complexity index is 1820. The first-order valence-electron chi connectivity index (χ1n) is 11.1. The molecule has 0 aliphatic carbocycles. The molecule has 6 heteroatoms. The van der Waals surface area contributed by atoms with Gasteiger partial charge in [0.1, 0.15) is 22.9 Å². The largest absolute Gasteiger partial charge is 0.469 e. The van der Waals surface area contributed by atoms with Gasteiger partial charge in [0.25, 0.3) is 0 Å². The third kappa shape index (κ3) is 1.59. The van der Waals surface area contributed by atoms with Gasteiger partial charge in [0.05, 0.1) is 23.7 Å². The molecule has 7 heterocycles. The zero-order valence-corrected chi connectivity index (χ0v) is 17.5. The number of hydrogen-bond donors (Lipinski definition) is 0. The maximum atomic E-state index is 6.46. The van der Waals surface area contributed by atoms with E-state index in [0.29, 0.717) is 0 Å². The standard InChI is InChI=1S/C27H17N5O/c1-2-13-28-19(6-1)11-12-20(28)18-16-30-22-8-4-10-24-26(22)27(32(30)17-18)25-21(7-3-9-23(25)33-24)29-14-5-15-31(27)29/h1-17H/q+2. The fraction of sp³-hybridized carbons (Fsp3) is 0.0370. The average molecular weight is 427 g/mol. The lowest BCUT2D eigenvalue weighted by Crippen LogP contribution is -2.74. The lowest BCUT2D eigenvalue weighted by molar-refractivity contribution is -1.02. The minimum atomic E-state index is -0.537. The van der Waals surface area contributed by atoms with Crippen molar-refractivity contribution in [3.05, 3.63) is 115 Å². The fourth-order valence-corrected chi connectivity index (χ4v) is 6.18. The van der Waals surface area contributed by atoms with E-state index in [1.807, 2.05) is 0 Å². The summed E-state index contributed by atoms with van der Waals surface area (Å²) in [4.78, 5) is 0. The summed E-state index contributed by atoms with van der Waals surface area (Å²) in [5.41, 5.74) is 7.64. The fourth-order valence-electron chi connectivity index (χ4n) is 6.18. The summed E-state index contributed by atoms with van der Waals surface area (Å²) >= 11 is 0. The van der Waals surface area contributed by atoms with E-state index in [1.165, 1.54) is 27.9 Å². The van der Waals surface area contributed by atoms with Crippen molar-refractivity contribution in [2.24, 2.45) is 0 Å². The first-order valence-corrected chi connectivity index (χ1v) is 11.1. The van der Waals surface area contributed by atoms with E-state index in [4.69, 9.17) is 4.74 Å². The molecule has 6 nitrogen and oxygen atoms in total. The first-order chi connectivity index (χ1) is 16.4. The molecule has 0 saturated carbocycles. The summed E-state index contributed by atoms with van der Waals surface area (Å²) in [5.74, 6) is 1.82. The van der Waals surface area contributed by atoms with Gasteiger partial charge in [-0.05, 0) is 57.9 Å². The van der Waals surface area contributed by atoms with Crippen LogP contribution < -0.4 is 14.1 Å². The molecule has 0 saturated heterocycles. The second-order valence-corrected chi connectivity index (χ2v) is 8.87. The number of aromatic nitrogens is 5. The molecule has 0 amide bonds. The predicted molar refractivity (Wildman–Crippen MR) is 120 cm³/mol. The second-order valence-electron chi connectivity index (χ2n) is 8.87. The van der Waals surface area contributed by atoms with Crippen molar-refractivity contribution in [1.29, 1.82) is 0 Å². The van der Waals surface area contributed by atoms with Gasteiger partial charge in [-0.15, -0.1) is 9.36 Å². The highest BCUT2D eigenvalue weighted by atomic mass is 16.5. The lowest BCUT2D eigenvalue weighted by Gasteiger charge is -2.22. The van der Waals surface area contributed by atoms with E-state index in [9.17, 15) is 0 Å². The van der Waals surface area contributed by atoms with Gasteiger partial charge < -0.3 is 9.14 Å². The van der Waals surface area contributed by atoms with Gasteiger partial charge in [-0.25, -0.2) is 0 Å². The summed E-state index contributed by atoms with van der Waals surface area (Å²) in [6.45, 7) is 0. The Morgan fingerprint density at radius 2 is 1.52 bits per heavy atom. The van der Waals surface area contributed by atoms with E-state index < -0.39 is 5.66 Å². The van der Waals surface area contributed by atoms with Gasteiger partial charge in [-0.1, -0.05) is 18.2 Å². The van der Waals surface area contributed by atoms with Crippen LogP contribution in [0.1, 0.15) is 11.1 Å². The highest BCUT2D eigenvalue weighted by molar-refractivity contribution is 5.70. The molecule has 3 aliphatic rings. The molecule has 0 radical (unpaired) electrons. The van der Waals surface area contributed by atoms with Crippen molar-refractivity contribution in [2.75, 3.05) is 0 Å². The van der Waals surface area contributed by atoms with E-state index in [2.05, 4.69) is 127 Å². The molecule has 1 atom stereocenters. The van der Waals surface area contributed by atoms with Crippen LogP contribution in [0.4, 0.5) is 0 Å². The van der Waals surface area contributed by atoms with Gasteiger partial charge >= 0.3 is 5.66 Å². The van der Waals surface area contributed by atoms with Crippen LogP contribution >= 0.6 is 0 Å². The SMILES string of the molecule is c1cc2c3c(c1)-n1ccc[n+]1C31c3c(cccc3-n3cc(-c4ccc5ccccn45)c[n+]31)O2. The van der Waals surface area contributed by atoms with Crippen molar-refractivity contribution in [1.82, 2.24) is 13.8 Å². The van der Waals surface area contributed by atoms with Crippen LogP contribution in [-0.4, -0.2) is 13.8 Å². The van der Waals surface area contributed by atoms with E-state index >= 15 is 0 Å². The molecule has 4 aromatic heterocycles. The summed E-state index contributed by atoms with van der Waals surface area (Å²) in [6.07, 6.45) is 10.9. The van der Waals surface area contributed by atoms with Crippen molar-refractivity contribution < 1.29 is 14.1 Å². The number of benzene rings is 2. The molecular formula is C27H17N5O+2. The number of pyridine rings is 1. The third-order valence-electron chi connectivity index (χ3n) is 7.38. The van der Waals surface area contributed by atoms with E-state index in [-0.39, 0.29) is 0 Å². The Morgan fingerprint density at radius 3 is 2.36 bits per heavy atom. The number of rotatable bonds is 1. The van der Waals surface area contributed by atoms with Gasteiger partial charge in [0.2, 0.25) is 12.4 Å². The smallest absolute Gasteiger partial charge is 0.455 e. The molecule has 1 unspecified atom stereocenters. The zero-order valence-electron chi connectivity index (χ0n) is 17.5. The molecule has 0 bridgehead atoms. The molecule has 33 heavy (non-hydrogen) atoms. The van der Waals surface area contributed by atoms with Crippen molar-refractivity contribution in [3.63, 3.8) is 0 Å². The summed E-state index contributed by atoms with van der Waals surface area (Å²) < 4.78 is 17.9. The van der Waals surface area contributed by atoms with Gasteiger partial charge in [0.15, 0.2) is 11.1 Å². The van der Waals surface area contributed by atoms with Crippen LogP contribution in [0.3, 0.4) is 0 Å². The Balaban J connectivity index is 1.44. The molecule has 0 fully saturated rings. The highest BCUT2D eigenvalue weighted by Crippen LogP contribution is 2.53. The van der Waals surface area contributed by atoms with Crippen LogP contribution in [0.5, 0.6) is 11.5 Å². The van der Waals surface area contributed by atoms with Crippen molar-refractivity contribution >= 4 is 5.52 Å². The molecule has 0 N–H and O–H groups in total. The van der Waals surface area contributed by atoms with E-state index in [0.717, 1.165) is 22.9 Å². The van der Waals surface area contributed by atoms with Gasteiger partial charge in [0, 0.05) is 17.8 Å². The summed E-state index contributed by atoms with van der Waals surface area (Å²) in [5, 5.41) is 0. The van der Waals surface area contributed by atoms with Gasteiger partial charge in [-0.3, -0.25) is 0 Å². The Morgan fingerprint density at radius 1 is 0.697 bits per heavy atom. The second kappa shape index (κ2) is 5.07. The van der Waals surface area contributed by atoms with Crippen LogP contribution in [-0.2, 0) is 5.66 Å². The summed E-state index contributed by atoms with van der Waals surface area (Å²) in [6, 6.07) is 25.4. The van der Waals surface area contributed by atoms with Crippen LogP contribution in [0.15, 0.2) is 104 Å². The Hall–Kier alpha value is -4.58. The number of nitrogens with zero attached hydrogens (tertiary/aromatic N) is 5. The highest BCUT2D eigenvalue weighted by Gasteiger charge is 2.73.